The molecule has 0 saturated carbocycles. The molecule has 0 spiro atoms. The fraction of sp³-hybridized carbons (Fsp3) is 0.364. The van der Waals surface area contributed by atoms with Crippen molar-refractivity contribution in [2.45, 2.75) is 26.0 Å². The fourth-order valence-corrected chi connectivity index (χ4v) is 1.21. The minimum absolute atomic E-state index is 0.444. The van der Waals surface area contributed by atoms with Gasteiger partial charge >= 0.3 is 0 Å². The van der Waals surface area contributed by atoms with Crippen LogP contribution in [0.2, 0.25) is 0 Å². The Kier molecular flexibility index (Phi) is 4.12. The average molecular weight is 208 g/mol. The zero-order valence-electron chi connectivity index (χ0n) is 8.77. The van der Waals surface area contributed by atoms with Gasteiger partial charge in [0.2, 0.25) is 0 Å². The Morgan fingerprint density at radius 2 is 2.00 bits per heavy atom. The number of hydrogen-bond donors (Lipinski definition) is 2. The summed E-state index contributed by atoms with van der Waals surface area (Å²) >= 11 is 0. The summed E-state index contributed by atoms with van der Waals surface area (Å²) in [6, 6.07) is 7.30. The average Bonchev–Trinajstić information content (AvgIpc) is 2.26. The van der Waals surface area contributed by atoms with Gasteiger partial charge in [-0.15, -0.1) is 0 Å². The van der Waals surface area contributed by atoms with Crippen molar-refractivity contribution >= 4 is 5.91 Å². The molecular weight excluding hydrogens is 192 g/mol. The molecule has 1 unspecified atom stereocenters. The van der Waals surface area contributed by atoms with Crippen molar-refractivity contribution in [1.82, 2.24) is 0 Å². The van der Waals surface area contributed by atoms with E-state index in [-0.39, 0.29) is 0 Å². The lowest BCUT2D eigenvalue weighted by Crippen LogP contribution is -2.32. The van der Waals surface area contributed by atoms with Gasteiger partial charge in [-0.25, -0.2) is 0 Å². The third-order valence-corrected chi connectivity index (χ3v) is 2.13. The van der Waals surface area contributed by atoms with Crippen molar-refractivity contribution in [2.75, 3.05) is 0 Å². The topological polar surface area (TPSA) is 78.3 Å². The molecule has 82 valence electrons. The third kappa shape index (κ3) is 3.25. The van der Waals surface area contributed by atoms with Crippen LogP contribution in [0.15, 0.2) is 24.3 Å². The number of amides is 1. The van der Waals surface area contributed by atoms with Crippen molar-refractivity contribution in [3.05, 3.63) is 29.8 Å². The van der Waals surface area contributed by atoms with Gasteiger partial charge in [-0.1, -0.05) is 19.1 Å². The van der Waals surface area contributed by atoms with Gasteiger partial charge in [0.15, 0.2) is 6.10 Å². The maximum absolute atomic E-state index is 10.9. The van der Waals surface area contributed by atoms with E-state index >= 15 is 0 Å². The Hall–Kier alpha value is -1.55. The number of primary amides is 1. The van der Waals surface area contributed by atoms with E-state index in [1.807, 2.05) is 19.1 Å². The molecular formula is C11H16N2O2. The number of ether oxygens (including phenoxy) is 1. The maximum Gasteiger partial charge on any atom is 0.258 e. The normalized spacial score (nSPS) is 12.1. The largest absolute Gasteiger partial charge is 0.481 e. The number of carbonyl (C=O) groups is 1. The van der Waals surface area contributed by atoms with E-state index in [9.17, 15) is 4.79 Å². The van der Waals surface area contributed by atoms with Crippen LogP contribution in [0.4, 0.5) is 0 Å². The monoisotopic (exact) mass is 208 g/mol. The summed E-state index contributed by atoms with van der Waals surface area (Å²) in [4.78, 5) is 10.9. The van der Waals surface area contributed by atoms with Crippen molar-refractivity contribution in [1.29, 1.82) is 0 Å². The zero-order chi connectivity index (χ0) is 11.3. The second-order valence-electron chi connectivity index (χ2n) is 3.27. The van der Waals surface area contributed by atoms with Gasteiger partial charge in [-0.2, -0.15) is 0 Å². The molecule has 15 heavy (non-hydrogen) atoms. The molecule has 4 N–H and O–H groups in total. The quantitative estimate of drug-likeness (QED) is 0.750. The summed E-state index contributed by atoms with van der Waals surface area (Å²) in [5.41, 5.74) is 11.7. The van der Waals surface area contributed by atoms with Gasteiger partial charge in [-0.05, 0) is 24.1 Å². The molecule has 4 nitrogen and oxygen atoms in total. The molecule has 0 aromatic heterocycles. The van der Waals surface area contributed by atoms with Gasteiger partial charge in [0.1, 0.15) is 5.75 Å². The van der Waals surface area contributed by atoms with Crippen LogP contribution < -0.4 is 16.2 Å². The van der Waals surface area contributed by atoms with E-state index < -0.39 is 12.0 Å². The Labute approximate surface area is 89.2 Å². The van der Waals surface area contributed by atoms with E-state index in [1.165, 1.54) is 0 Å². The summed E-state index contributed by atoms with van der Waals surface area (Å²) in [6.07, 6.45) is 0.00210. The van der Waals surface area contributed by atoms with Gasteiger partial charge < -0.3 is 16.2 Å². The molecule has 0 saturated heterocycles. The first-order chi connectivity index (χ1) is 7.17. The third-order valence-electron chi connectivity index (χ3n) is 2.13. The number of nitrogens with two attached hydrogens (primary N) is 2. The van der Waals surface area contributed by atoms with Crippen molar-refractivity contribution < 1.29 is 9.53 Å². The molecule has 0 bridgehead atoms. The van der Waals surface area contributed by atoms with E-state index in [2.05, 4.69) is 0 Å². The summed E-state index contributed by atoms with van der Waals surface area (Å²) in [6.45, 7) is 2.34. The molecule has 1 amide bonds. The Bertz CT molecular complexity index is 322. The minimum atomic E-state index is -0.561. The maximum atomic E-state index is 10.9. The molecule has 0 aliphatic heterocycles. The molecule has 1 aromatic rings. The molecule has 0 radical (unpaired) electrons. The van der Waals surface area contributed by atoms with Crippen molar-refractivity contribution in [3.8, 4) is 5.75 Å². The second kappa shape index (κ2) is 5.36. The summed E-state index contributed by atoms with van der Waals surface area (Å²) < 4.78 is 5.41. The number of benzene rings is 1. The first kappa shape index (κ1) is 11.5. The predicted molar refractivity (Wildman–Crippen MR) is 58.2 cm³/mol. The number of rotatable bonds is 5. The fourth-order valence-electron chi connectivity index (χ4n) is 1.21. The van der Waals surface area contributed by atoms with Crippen LogP contribution >= 0.6 is 0 Å². The molecule has 1 atom stereocenters. The first-order valence-electron chi connectivity index (χ1n) is 4.92. The van der Waals surface area contributed by atoms with Gasteiger partial charge in [0.05, 0.1) is 0 Å². The van der Waals surface area contributed by atoms with Crippen LogP contribution in [0.3, 0.4) is 0 Å². The highest BCUT2D eigenvalue weighted by atomic mass is 16.5. The first-order valence-corrected chi connectivity index (χ1v) is 4.92. The highest BCUT2D eigenvalue weighted by molar-refractivity contribution is 5.79. The predicted octanol–water partition coefficient (Wildman–Crippen LogP) is 0.788. The van der Waals surface area contributed by atoms with Crippen LogP contribution in [0, 0.1) is 0 Å². The van der Waals surface area contributed by atoms with Crippen molar-refractivity contribution in [2.24, 2.45) is 11.5 Å². The van der Waals surface area contributed by atoms with Gasteiger partial charge in [0.25, 0.3) is 5.91 Å². The second-order valence-corrected chi connectivity index (χ2v) is 3.27. The molecule has 4 heteroatoms. The molecule has 1 aromatic carbocycles. The lowest BCUT2D eigenvalue weighted by atomic mass is 10.2. The highest BCUT2D eigenvalue weighted by Crippen LogP contribution is 2.14. The number of carbonyl (C=O) groups excluding carboxylic acids is 1. The Balaban J connectivity index is 2.67. The highest BCUT2D eigenvalue weighted by Gasteiger charge is 2.13. The summed E-state index contributed by atoms with van der Waals surface area (Å²) in [5, 5.41) is 0. The van der Waals surface area contributed by atoms with E-state index in [0.29, 0.717) is 18.7 Å². The minimum Gasteiger partial charge on any atom is -0.481 e. The van der Waals surface area contributed by atoms with Crippen LogP contribution in [-0.4, -0.2) is 12.0 Å². The van der Waals surface area contributed by atoms with Crippen LogP contribution in [0.5, 0.6) is 5.75 Å². The van der Waals surface area contributed by atoms with Crippen LogP contribution in [0.25, 0.3) is 0 Å². The SMILES string of the molecule is CCC(Oc1ccc(CN)cc1)C(N)=O. The number of hydrogen-bond acceptors (Lipinski definition) is 3. The lowest BCUT2D eigenvalue weighted by molar-refractivity contribution is -0.124. The smallest absolute Gasteiger partial charge is 0.258 e. The van der Waals surface area contributed by atoms with Gasteiger partial charge in [0, 0.05) is 6.54 Å². The standard InChI is InChI=1S/C11H16N2O2/c1-2-10(11(13)14)15-9-5-3-8(7-12)4-6-9/h3-6,10H,2,7,12H2,1H3,(H2,13,14). The summed E-state index contributed by atoms with van der Waals surface area (Å²) in [5.74, 6) is 0.193. The van der Waals surface area contributed by atoms with Crippen LogP contribution in [0.1, 0.15) is 18.9 Å². The lowest BCUT2D eigenvalue weighted by Gasteiger charge is -2.14. The molecule has 0 aliphatic carbocycles. The van der Waals surface area contributed by atoms with E-state index in [1.54, 1.807) is 12.1 Å². The Morgan fingerprint density at radius 3 is 2.40 bits per heavy atom. The van der Waals surface area contributed by atoms with Crippen LogP contribution in [-0.2, 0) is 11.3 Å². The zero-order valence-corrected chi connectivity index (χ0v) is 8.77. The Morgan fingerprint density at radius 1 is 1.40 bits per heavy atom. The summed E-state index contributed by atoms with van der Waals surface area (Å²) in [7, 11) is 0. The van der Waals surface area contributed by atoms with E-state index in [0.717, 1.165) is 5.56 Å². The van der Waals surface area contributed by atoms with E-state index in [4.69, 9.17) is 16.2 Å². The molecule has 0 fully saturated rings. The van der Waals surface area contributed by atoms with Crippen molar-refractivity contribution in [3.63, 3.8) is 0 Å². The van der Waals surface area contributed by atoms with Gasteiger partial charge in [-0.3, -0.25) is 4.79 Å². The molecule has 1 rings (SSSR count). The molecule has 0 heterocycles. The molecule has 0 aliphatic rings.